The number of nitrogens with two attached hydrogens (primary N) is 1. The predicted molar refractivity (Wildman–Crippen MR) is 86.6 cm³/mol. The summed E-state index contributed by atoms with van der Waals surface area (Å²) >= 11 is 0. The SMILES string of the molecule is Cc1cc(OCc2ccccc2)ccc1C(O)C(N)CCO. The number of ether oxygens (including phenoxy) is 1. The molecular weight excluding hydrogens is 278 g/mol. The minimum atomic E-state index is -0.782. The zero-order valence-electron chi connectivity index (χ0n) is 12.8. The van der Waals surface area contributed by atoms with Crippen LogP contribution in [0, 0.1) is 6.92 Å². The molecule has 0 fully saturated rings. The summed E-state index contributed by atoms with van der Waals surface area (Å²) in [7, 11) is 0. The van der Waals surface area contributed by atoms with Crippen LogP contribution >= 0.6 is 0 Å². The summed E-state index contributed by atoms with van der Waals surface area (Å²) in [5, 5.41) is 19.1. The van der Waals surface area contributed by atoms with Crippen LogP contribution in [0.3, 0.4) is 0 Å². The number of hydrogen-bond acceptors (Lipinski definition) is 4. The Morgan fingerprint density at radius 1 is 1.14 bits per heavy atom. The second-order valence-electron chi connectivity index (χ2n) is 5.41. The number of aliphatic hydroxyl groups is 2. The molecule has 2 atom stereocenters. The van der Waals surface area contributed by atoms with Gasteiger partial charge in [-0.2, -0.15) is 0 Å². The molecule has 22 heavy (non-hydrogen) atoms. The average molecular weight is 301 g/mol. The summed E-state index contributed by atoms with van der Waals surface area (Å²) in [4.78, 5) is 0. The van der Waals surface area contributed by atoms with E-state index in [4.69, 9.17) is 15.6 Å². The Hall–Kier alpha value is -1.88. The van der Waals surface area contributed by atoms with Crippen LogP contribution < -0.4 is 10.5 Å². The van der Waals surface area contributed by atoms with Gasteiger partial charge in [0.1, 0.15) is 12.4 Å². The quantitative estimate of drug-likeness (QED) is 0.733. The van der Waals surface area contributed by atoms with Crippen LogP contribution in [0.25, 0.3) is 0 Å². The van der Waals surface area contributed by atoms with Crippen molar-refractivity contribution in [2.45, 2.75) is 32.1 Å². The minimum absolute atomic E-state index is 0.0322. The maximum absolute atomic E-state index is 10.2. The monoisotopic (exact) mass is 301 g/mol. The molecule has 0 heterocycles. The molecule has 2 aromatic rings. The van der Waals surface area contributed by atoms with E-state index in [9.17, 15) is 5.11 Å². The van der Waals surface area contributed by atoms with Crippen molar-refractivity contribution in [2.24, 2.45) is 5.73 Å². The molecule has 4 heteroatoms. The van der Waals surface area contributed by atoms with Gasteiger partial charge < -0.3 is 20.7 Å². The van der Waals surface area contributed by atoms with E-state index in [1.54, 1.807) is 0 Å². The van der Waals surface area contributed by atoms with Gasteiger partial charge in [0.05, 0.1) is 6.10 Å². The molecule has 118 valence electrons. The molecule has 0 radical (unpaired) electrons. The van der Waals surface area contributed by atoms with Crippen LogP contribution in [0.4, 0.5) is 0 Å². The van der Waals surface area contributed by atoms with Gasteiger partial charge in [-0.05, 0) is 42.2 Å². The lowest BCUT2D eigenvalue weighted by atomic mass is 9.96. The van der Waals surface area contributed by atoms with Crippen molar-refractivity contribution < 1.29 is 14.9 Å². The van der Waals surface area contributed by atoms with E-state index >= 15 is 0 Å². The first-order valence-corrected chi connectivity index (χ1v) is 7.43. The first-order chi connectivity index (χ1) is 10.6. The lowest BCUT2D eigenvalue weighted by molar-refractivity contribution is 0.128. The molecule has 0 spiro atoms. The van der Waals surface area contributed by atoms with E-state index in [0.29, 0.717) is 13.0 Å². The van der Waals surface area contributed by atoms with Gasteiger partial charge >= 0.3 is 0 Å². The topological polar surface area (TPSA) is 75.7 Å². The van der Waals surface area contributed by atoms with Gasteiger partial charge in [0.25, 0.3) is 0 Å². The Morgan fingerprint density at radius 3 is 2.50 bits per heavy atom. The zero-order chi connectivity index (χ0) is 15.9. The van der Waals surface area contributed by atoms with E-state index in [2.05, 4.69) is 0 Å². The Kier molecular flexibility index (Phi) is 5.95. The van der Waals surface area contributed by atoms with Crippen molar-refractivity contribution in [3.63, 3.8) is 0 Å². The lowest BCUT2D eigenvalue weighted by Crippen LogP contribution is -2.29. The molecule has 0 aliphatic carbocycles. The number of aryl methyl sites for hydroxylation is 1. The summed E-state index contributed by atoms with van der Waals surface area (Å²) in [5.41, 5.74) is 8.66. The van der Waals surface area contributed by atoms with Crippen LogP contribution in [0.15, 0.2) is 48.5 Å². The number of rotatable bonds is 7. The van der Waals surface area contributed by atoms with Gasteiger partial charge in [-0.1, -0.05) is 36.4 Å². The lowest BCUT2D eigenvalue weighted by Gasteiger charge is -2.20. The zero-order valence-corrected chi connectivity index (χ0v) is 12.8. The third kappa shape index (κ3) is 4.31. The summed E-state index contributed by atoms with van der Waals surface area (Å²) in [6, 6.07) is 15.0. The highest BCUT2D eigenvalue weighted by Gasteiger charge is 2.18. The summed E-state index contributed by atoms with van der Waals surface area (Å²) in [5.74, 6) is 0.757. The third-order valence-corrected chi connectivity index (χ3v) is 3.68. The van der Waals surface area contributed by atoms with Gasteiger partial charge in [0.15, 0.2) is 0 Å². The molecule has 0 aromatic heterocycles. The number of benzene rings is 2. The van der Waals surface area contributed by atoms with Gasteiger partial charge in [-0.25, -0.2) is 0 Å². The number of hydrogen-bond donors (Lipinski definition) is 3. The van der Waals surface area contributed by atoms with Crippen molar-refractivity contribution in [1.29, 1.82) is 0 Å². The normalized spacial score (nSPS) is 13.6. The van der Waals surface area contributed by atoms with E-state index in [1.807, 2.05) is 55.5 Å². The van der Waals surface area contributed by atoms with E-state index in [0.717, 1.165) is 22.4 Å². The van der Waals surface area contributed by atoms with Gasteiger partial charge in [0.2, 0.25) is 0 Å². The van der Waals surface area contributed by atoms with Crippen molar-refractivity contribution in [3.05, 3.63) is 65.2 Å². The second-order valence-corrected chi connectivity index (χ2v) is 5.41. The summed E-state index contributed by atoms with van der Waals surface area (Å²) in [6.07, 6.45) is -0.414. The molecule has 0 amide bonds. The van der Waals surface area contributed by atoms with Crippen molar-refractivity contribution in [1.82, 2.24) is 0 Å². The first-order valence-electron chi connectivity index (χ1n) is 7.43. The fourth-order valence-electron chi connectivity index (χ4n) is 2.35. The Bertz CT molecular complexity index is 586. The van der Waals surface area contributed by atoms with Crippen molar-refractivity contribution >= 4 is 0 Å². The summed E-state index contributed by atoms with van der Waals surface area (Å²) < 4.78 is 5.76. The van der Waals surface area contributed by atoms with Crippen LogP contribution in [-0.4, -0.2) is 22.9 Å². The Labute approximate surface area is 131 Å². The molecule has 0 bridgehead atoms. The molecular formula is C18H23NO3. The standard InChI is InChI=1S/C18H23NO3/c1-13-11-15(22-12-14-5-3-2-4-6-14)7-8-16(13)18(21)17(19)9-10-20/h2-8,11,17-18,20-21H,9-10,12,19H2,1H3. The van der Waals surface area contributed by atoms with E-state index in [-0.39, 0.29) is 6.61 Å². The largest absolute Gasteiger partial charge is 0.489 e. The molecule has 2 rings (SSSR count). The van der Waals surface area contributed by atoms with Crippen LogP contribution in [0.5, 0.6) is 5.75 Å². The van der Waals surface area contributed by atoms with Crippen molar-refractivity contribution in [3.8, 4) is 5.75 Å². The van der Waals surface area contributed by atoms with Gasteiger partial charge in [-0.15, -0.1) is 0 Å². The fourth-order valence-corrected chi connectivity index (χ4v) is 2.35. The first kappa shape index (κ1) is 16.5. The average Bonchev–Trinajstić information content (AvgIpc) is 2.53. The molecule has 2 unspecified atom stereocenters. The Morgan fingerprint density at radius 2 is 1.86 bits per heavy atom. The predicted octanol–water partition coefficient (Wildman–Crippen LogP) is 2.32. The van der Waals surface area contributed by atoms with Crippen LogP contribution in [-0.2, 0) is 6.61 Å². The molecule has 2 aromatic carbocycles. The minimum Gasteiger partial charge on any atom is -0.489 e. The maximum Gasteiger partial charge on any atom is 0.120 e. The van der Waals surface area contributed by atoms with Gasteiger partial charge in [-0.3, -0.25) is 0 Å². The maximum atomic E-state index is 10.2. The highest BCUT2D eigenvalue weighted by Crippen LogP contribution is 2.25. The molecule has 0 aliphatic rings. The Balaban J connectivity index is 2.03. The highest BCUT2D eigenvalue weighted by molar-refractivity contribution is 5.36. The molecule has 0 aliphatic heterocycles. The number of aliphatic hydroxyl groups excluding tert-OH is 2. The van der Waals surface area contributed by atoms with Crippen molar-refractivity contribution in [2.75, 3.05) is 6.61 Å². The third-order valence-electron chi connectivity index (χ3n) is 3.68. The van der Waals surface area contributed by atoms with Crippen LogP contribution in [0.2, 0.25) is 0 Å². The molecule has 4 nitrogen and oxygen atoms in total. The molecule has 0 saturated heterocycles. The van der Waals surface area contributed by atoms with Crippen LogP contribution in [0.1, 0.15) is 29.2 Å². The van der Waals surface area contributed by atoms with E-state index in [1.165, 1.54) is 0 Å². The highest BCUT2D eigenvalue weighted by atomic mass is 16.5. The fraction of sp³-hybridized carbons (Fsp3) is 0.333. The molecule has 0 saturated carbocycles. The molecule has 4 N–H and O–H groups in total. The smallest absolute Gasteiger partial charge is 0.120 e. The van der Waals surface area contributed by atoms with E-state index < -0.39 is 12.1 Å². The second kappa shape index (κ2) is 7.94. The summed E-state index contributed by atoms with van der Waals surface area (Å²) in [6.45, 7) is 2.39. The van der Waals surface area contributed by atoms with Gasteiger partial charge in [0, 0.05) is 12.6 Å².